The Morgan fingerprint density at radius 1 is 1.38 bits per heavy atom. The first-order chi connectivity index (χ1) is 7.67. The number of amides is 1. The molecule has 88 valence electrons. The molecule has 0 fully saturated rings. The number of likely N-dealkylation sites (N-methyl/N-ethyl adjacent to an activating group) is 1. The summed E-state index contributed by atoms with van der Waals surface area (Å²) in [7, 11) is 0. The number of carbonyl (C=O) groups is 1. The fourth-order valence-corrected chi connectivity index (χ4v) is 1.68. The zero-order valence-electron chi connectivity index (χ0n) is 9.94. The monoisotopic (exact) mass is 221 g/mol. The molecule has 0 saturated heterocycles. The van der Waals surface area contributed by atoms with Crippen LogP contribution in [-0.4, -0.2) is 29.0 Å². The first-order valence-electron chi connectivity index (χ1n) is 5.73. The number of carbonyl (C=O) groups excluding carboxylic acids is 1. The van der Waals surface area contributed by atoms with Crippen LogP contribution in [0.25, 0.3) is 0 Å². The van der Waals surface area contributed by atoms with Crippen LogP contribution in [0.2, 0.25) is 0 Å². The largest absolute Gasteiger partial charge is 0.508 e. The summed E-state index contributed by atoms with van der Waals surface area (Å²) in [6, 6.07) is 6.86. The molecule has 0 bridgehead atoms. The lowest BCUT2D eigenvalue weighted by Gasteiger charge is -2.20. The van der Waals surface area contributed by atoms with Crippen LogP contribution in [0.1, 0.15) is 25.8 Å². The summed E-state index contributed by atoms with van der Waals surface area (Å²) in [5, 5.41) is 9.30. The van der Waals surface area contributed by atoms with Gasteiger partial charge in [-0.25, -0.2) is 0 Å². The number of hydrogen-bond acceptors (Lipinski definition) is 2. The molecular formula is C13H19NO2. The molecule has 3 nitrogen and oxygen atoms in total. The Kier molecular flexibility index (Phi) is 4.83. The molecule has 0 aliphatic rings. The second kappa shape index (κ2) is 6.16. The number of benzene rings is 1. The van der Waals surface area contributed by atoms with Crippen LogP contribution in [0.5, 0.6) is 5.75 Å². The predicted molar refractivity (Wildman–Crippen MR) is 64.4 cm³/mol. The molecule has 0 aliphatic heterocycles. The first-order valence-corrected chi connectivity index (χ1v) is 5.73. The lowest BCUT2D eigenvalue weighted by Crippen LogP contribution is -2.32. The fourth-order valence-electron chi connectivity index (χ4n) is 1.68. The van der Waals surface area contributed by atoms with Crippen molar-refractivity contribution in [2.45, 2.75) is 26.7 Å². The molecular weight excluding hydrogens is 202 g/mol. The molecule has 1 rings (SSSR count). The van der Waals surface area contributed by atoms with Crippen LogP contribution in [0.3, 0.4) is 0 Å². The average Bonchev–Trinajstić information content (AvgIpc) is 2.25. The molecule has 1 N–H and O–H groups in total. The Morgan fingerprint density at radius 2 is 2.12 bits per heavy atom. The van der Waals surface area contributed by atoms with Gasteiger partial charge in [-0.3, -0.25) is 4.79 Å². The SMILES string of the molecule is CCCN(CC)C(=O)Cc1cccc(O)c1. The van der Waals surface area contributed by atoms with Crippen LogP contribution < -0.4 is 0 Å². The highest BCUT2D eigenvalue weighted by molar-refractivity contribution is 5.78. The predicted octanol–water partition coefficient (Wildman–Crippen LogP) is 2.19. The number of rotatable bonds is 5. The van der Waals surface area contributed by atoms with E-state index in [2.05, 4.69) is 6.92 Å². The molecule has 0 heterocycles. The van der Waals surface area contributed by atoms with Gasteiger partial charge in [0.1, 0.15) is 5.75 Å². The summed E-state index contributed by atoms with van der Waals surface area (Å²) in [5.74, 6) is 0.332. The Hall–Kier alpha value is -1.51. The molecule has 0 saturated carbocycles. The summed E-state index contributed by atoms with van der Waals surface area (Å²) >= 11 is 0. The van der Waals surface area contributed by atoms with E-state index in [0.717, 1.165) is 25.1 Å². The van der Waals surface area contributed by atoms with Gasteiger partial charge >= 0.3 is 0 Å². The van der Waals surface area contributed by atoms with Gasteiger partial charge in [0.25, 0.3) is 0 Å². The van der Waals surface area contributed by atoms with Crippen molar-refractivity contribution in [2.75, 3.05) is 13.1 Å². The minimum Gasteiger partial charge on any atom is -0.508 e. The minimum absolute atomic E-state index is 0.120. The molecule has 0 radical (unpaired) electrons. The third kappa shape index (κ3) is 3.57. The molecule has 0 aliphatic carbocycles. The van der Waals surface area contributed by atoms with Gasteiger partial charge in [-0.2, -0.15) is 0 Å². The minimum atomic E-state index is 0.120. The van der Waals surface area contributed by atoms with E-state index < -0.39 is 0 Å². The Labute approximate surface area is 96.7 Å². The Bertz CT molecular complexity index is 350. The fraction of sp³-hybridized carbons (Fsp3) is 0.462. The van der Waals surface area contributed by atoms with Crippen molar-refractivity contribution in [3.05, 3.63) is 29.8 Å². The van der Waals surface area contributed by atoms with Gasteiger partial charge in [-0.15, -0.1) is 0 Å². The van der Waals surface area contributed by atoms with E-state index in [1.54, 1.807) is 18.2 Å². The second-order valence-electron chi connectivity index (χ2n) is 3.82. The van der Waals surface area contributed by atoms with Gasteiger partial charge in [-0.1, -0.05) is 19.1 Å². The molecule has 1 aromatic rings. The van der Waals surface area contributed by atoms with E-state index in [0.29, 0.717) is 6.42 Å². The normalized spacial score (nSPS) is 10.1. The topological polar surface area (TPSA) is 40.5 Å². The standard InChI is InChI=1S/C13H19NO2/c1-3-8-14(4-2)13(16)10-11-6-5-7-12(15)9-11/h5-7,9,15H,3-4,8,10H2,1-2H3. The molecule has 0 unspecified atom stereocenters. The van der Waals surface area contributed by atoms with Crippen molar-refractivity contribution in [3.63, 3.8) is 0 Å². The van der Waals surface area contributed by atoms with Crippen molar-refractivity contribution in [1.82, 2.24) is 4.90 Å². The molecule has 0 atom stereocenters. The first kappa shape index (κ1) is 12.6. The molecule has 0 spiro atoms. The highest BCUT2D eigenvalue weighted by Crippen LogP contribution is 2.12. The van der Waals surface area contributed by atoms with Crippen LogP contribution in [0.4, 0.5) is 0 Å². The van der Waals surface area contributed by atoms with Crippen molar-refractivity contribution < 1.29 is 9.90 Å². The second-order valence-corrected chi connectivity index (χ2v) is 3.82. The van der Waals surface area contributed by atoms with Gasteiger partial charge in [0.15, 0.2) is 0 Å². The Balaban J connectivity index is 2.62. The van der Waals surface area contributed by atoms with Crippen molar-refractivity contribution >= 4 is 5.91 Å². The molecule has 1 aromatic carbocycles. The van der Waals surface area contributed by atoms with Gasteiger partial charge in [-0.05, 0) is 31.0 Å². The van der Waals surface area contributed by atoms with E-state index in [1.165, 1.54) is 0 Å². The lowest BCUT2D eigenvalue weighted by molar-refractivity contribution is -0.130. The summed E-state index contributed by atoms with van der Waals surface area (Å²) in [6.07, 6.45) is 1.34. The van der Waals surface area contributed by atoms with Crippen LogP contribution >= 0.6 is 0 Å². The highest BCUT2D eigenvalue weighted by Gasteiger charge is 2.11. The number of hydrogen-bond donors (Lipinski definition) is 1. The maximum atomic E-state index is 11.9. The van der Waals surface area contributed by atoms with Gasteiger partial charge in [0.2, 0.25) is 5.91 Å². The van der Waals surface area contributed by atoms with Crippen molar-refractivity contribution in [1.29, 1.82) is 0 Å². The zero-order valence-corrected chi connectivity index (χ0v) is 9.94. The number of aromatic hydroxyl groups is 1. The van der Waals surface area contributed by atoms with Crippen LogP contribution in [0.15, 0.2) is 24.3 Å². The average molecular weight is 221 g/mol. The third-order valence-corrected chi connectivity index (χ3v) is 2.49. The summed E-state index contributed by atoms with van der Waals surface area (Å²) in [4.78, 5) is 13.7. The third-order valence-electron chi connectivity index (χ3n) is 2.49. The molecule has 0 aromatic heterocycles. The van der Waals surface area contributed by atoms with E-state index >= 15 is 0 Å². The number of phenolic OH excluding ortho intramolecular Hbond substituents is 1. The number of phenols is 1. The van der Waals surface area contributed by atoms with Crippen LogP contribution in [0, 0.1) is 0 Å². The van der Waals surface area contributed by atoms with E-state index in [-0.39, 0.29) is 11.7 Å². The van der Waals surface area contributed by atoms with E-state index in [4.69, 9.17) is 0 Å². The number of nitrogens with zero attached hydrogens (tertiary/aromatic N) is 1. The maximum absolute atomic E-state index is 11.9. The zero-order chi connectivity index (χ0) is 12.0. The molecule has 3 heteroatoms. The smallest absolute Gasteiger partial charge is 0.226 e. The summed E-state index contributed by atoms with van der Waals surface area (Å²) < 4.78 is 0. The van der Waals surface area contributed by atoms with Gasteiger partial charge < -0.3 is 10.0 Å². The molecule has 16 heavy (non-hydrogen) atoms. The summed E-state index contributed by atoms with van der Waals surface area (Å²) in [6.45, 7) is 5.58. The van der Waals surface area contributed by atoms with E-state index in [9.17, 15) is 9.90 Å². The van der Waals surface area contributed by atoms with Gasteiger partial charge in [0, 0.05) is 13.1 Å². The quantitative estimate of drug-likeness (QED) is 0.828. The lowest BCUT2D eigenvalue weighted by atomic mass is 10.1. The molecule has 1 amide bonds. The van der Waals surface area contributed by atoms with Crippen molar-refractivity contribution in [3.8, 4) is 5.75 Å². The van der Waals surface area contributed by atoms with Crippen molar-refractivity contribution in [2.24, 2.45) is 0 Å². The maximum Gasteiger partial charge on any atom is 0.226 e. The Morgan fingerprint density at radius 3 is 2.69 bits per heavy atom. The van der Waals surface area contributed by atoms with E-state index in [1.807, 2.05) is 17.9 Å². The van der Waals surface area contributed by atoms with Crippen LogP contribution in [-0.2, 0) is 11.2 Å². The highest BCUT2D eigenvalue weighted by atomic mass is 16.3. The summed E-state index contributed by atoms with van der Waals surface area (Å²) in [5.41, 5.74) is 0.861. The van der Waals surface area contributed by atoms with Gasteiger partial charge in [0.05, 0.1) is 6.42 Å².